The van der Waals surface area contributed by atoms with Gasteiger partial charge in [-0.25, -0.2) is 8.42 Å². The van der Waals surface area contributed by atoms with Crippen molar-refractivity contribution in [3.63, 3.8) is 0 Å². The van der Waals surface area contributed by atoms with Crippen LogP contribution in [0, 0.1) is 11.3 Å². The molecule has 0 aliphatic carbocycles. The predicted molar refractivity (Wildman–Crippen MR) is 75.6 cm³/mol. The molecule has 1 N–H and O–H groups in total. The average Bonchev–Trinajstić information content (AvgIpc) is 2.90. The number of hydrogen-bond acceptors (Lipinski definition) is 6. The van der Waals surface area contributed by atoms with Crippen molar-refractivity contribution in [1.82, 2.24) is 4.37 Å². The molecule has 0 saturated heterocycles. The Morgan fingerprint density at radius 2 is 2.20 bits per heavy atom. The van der Waals surface area contributed by atoms with Gasteiger partial charge in [0.25, 0.3) is 10.0 Å². The van der Waals surface area contributed by atoms with Gasteiger partial charge in [-0.15, -0.1) is 0 Å². The van der Waals surface area contributed by atoms with Gasteiger partial charge in [-0.3, -0.25) is 4.72 Å². The van der Waals surface area contributed by atoms with Gasteiger partial charge >= 0.3 is 0 Å². The summed E-state index contributed by atoms with van der Waals surface area (Å²) in [5.74, 6) is 0.226. The standard InChI is InChI=1S/C11H8ClN3O3S2/c1-18-10-5-11(19-14-10)20(16,17)15-8-2-3-9(12)7(4-8)6-13/h2-5,15H,1H3. The van der Waals surface area contributed by atoms with E-state index in [-0.39, 0.29) is 26.4 Å². The summed E-state index contributed by atoms with van der Waals surface area (Å²) in [6.45, 7) is 0. The Hall–Kier alpha value is -1.82. The molecule has 0 aliphatic rings. The second-order valence-electron chi connectivity index (χ2n) is 3.60. The molecule has 104 valence electrons. The Bertz CT molecular complexity index is 780. The highest BCUT2D eigenvalue weighted by atomic mass is 35.5. The van der Waals surface area contributed by atoms with Crippen LogP contribution in [0.25, 0.3) is 0 Å². The van der Waals surface area contributed by atoms with Crippen molar-refractivity contribution in [1.29, 1.82) is 5.26 Å². The summed E-state index contributed by atoms with van der Waals surface area (Å²) in [5.41, 5.74) is 0.437. The molecule has 0 amide bonds. The molecule has 0 bridgehead atoms. The molecule has 1 heterocycles. The number of methoxy groups -OCH3 is 1. The number of anilines is 1. The molecule has 0 spiro atoms. The summed E-state index contributed by atoms with van der Waals surface area (Å²) < 4.78 is 35.2. The fraction of sp³-hybridized carbons (Fsp3) is 0.0909. The van der Waals surface area contributed by atoms with E-state index in [0.29, 0.717) is 0 Å². The van der Waals surface area contributed by atoms with Gasteiger partial charge in [0.1, 0.15) is 6.07 Å². The molecule has 0 atom stereocenters. The Morgan fingerprint density at radius 1 is 1.45 bits per heavy atom. The number of nitriles is 1. The number of hydrogen-bond donors (Lipinski definition) is 1. The minimum absolute atomic E-state index is 0.0165. The third-order valence-corrected chi connectivity index (χ3v) is 5.21. The second-order valence-corrected chi connectivity index (χ2v) is 6.72. The molecule has 2 aromatic rings. The van der Waals surface area contributed by atoms with E-state index in [2.05, 4.69) is 9.10 Å². The topological polar surface area (TPSA) is 92.1 Å². The largest absolute Gasteiger partial charge is 0.480 e. The van der Waals surface area contributed by atoms with Gasteiger partial charge in [0, 0.05) is 6.07 Å². The summed E-state index contributed by atoms with van der Waals surface area (Å²) in [4.78, 5) is 0. The van der Waals surface area contributed by atoms with E-state index >= 15 is 0 Å². The van der Waals surface area contributed by atoms with E-state index < -0.39 is 10.0 Å². The summed E-state index contributed by atoms with van der Waals surface area (Å²) in [5, 5.41) is 9.12. The monoisotopic (exact) mass is 329 g/mol. The van der Waals surface area contributed by atoms with Crippen molar-refractivity contribution < 1.29 is 13.2 Å². The molecule has 0 aliphatic heterocycles. The van der Waals surface area contributed by atoms with Crippen LogP contribution in [0.5, 0.6) is 5.88 Å². The lowest BCUT2D eigenvalue weighted by atomic mass is 10.2. The highest BCUT2D eigenvalue weighted by Gasteiger charge is 2.19. The number of sulfonamides is 1. The normalized spacial score (nSPS) is 10.8. The number of nitrogens with zero attached hydrogens (tertiary/aromatic N) is 2. The van der Waals surface area contributed by atoms with Crippen LogP contribution in [-0.2, 0) is 10.0 Å². The molecule has 0 fully saturated rings. The van der Waals surface area contributed by atoms with Crippen molar-refractivity contribution in [2.75, 3.05) is 11.8 Å². The zero-order valence-corrected chi connectivity index (χ0v) is 12.5. The molecule has 6 nitrogen and oxygen atoms in total. The third kappa shape index (κ3) is 3.01. The molecule has 9 heteroatoms. The Morgan fingerprint density at radius 3 is 2.80 bits per heavy atom. The minimum Gasteiger partial charge on any atom is -0.480 e. The van der Waals surface area contributed by atoms with Crippen LogP contribution in [-0.4, -0.2) is 19.9 Å². The Balaban J connectivity index is 2.31. The number of benzene rings is 1. The smallest absolute Gasteiger partial charge is 0.273 e. The quantitative estimate of drug-likeness (QED) is 0.930. The van der Waals surface area contributed by atoms with Gasteiger partial charge in [-0.2, -0.15) is 9.64 Å². The van der Waals surface area contributed by atoms with E-state index in [1.54, 1.807) is 0 Å². The van der Waals surface area contributed by atoms with E-state index in [4.69, 9.17) is 21.6 Å². The van der Waals surface area contributed by atoms with Gasteiger partial charge < -0.3 is 4.74 Å². The summed E-state index contributed by atoms with van der Waals surface area (Å²) in [7, 11) is -2.37. The maximum atomic E-state index is 12.1. The van der Waals surface area contributed by atoms with E-state index in [1.165, 1.54) is 31.4 Å². The van der Waals surface area contributed by atoms with Crippen LogP contribution in [0.2, 0.25) is 5.02 Å². The van der Waals surface area contributed by atoms with E-state index in [1.807, 2.05) is 6.07 Å². The van der Waals surface area contributed by atoms with Crippen molar-refractivity contribution in [3.05, 3.63) is 34.9 Å². The lowest BCUT2D eigenvalue weighted by molar-refractivity contribution is 0.402. The fourth-order valence-corrected chi connectivity index (χ4v) is 3.39. The zero-order valence-electron chi connectivity index (χ0n) is 10.1. The van der Waals surface area contributed by atoms with Gasteiger partial charge in [0.05, 0.1) is 23.4 Å². The molecule has 20 heavy (non-hydrogen) atoms. The van der Waals surface area contributed by atoms with Gasteiger partial charge in [0.15, 0.2) is 4.21 Å². The molecular formula is C11H8ClN3O3S2. The number of halogens is 1. The fourth-order valence-electron chi connectivity index (χ4n) is 1.35. The number of ether oxygens (including phenoxy) is 1. The maximum Gasteiger partial charge on any atom is 0.273 e. The Labute approximate surface area is 124 Å². The predicted octanol–water partition coefficient (Wildman–Crippen LogP) is 2.48. The van der Waals surface area contributed by atoms with Crippen LogP contribution >= 0.6 is 23.1 Å². The van der Waals surface area contributed by atoms with E-state index in [9.17, 15) is 8.42 Å². The van der Waals surface area contributed by atoms with Crippen LogP contribution in [0.4, 0.5) is 5.69 Å². The first-order valence-electron chi connectivity index (χ1n) is 5.19. The highest BCUT2D eigenvalue weighted by molar-refractivity contribution is 7.94. The molecule has 1 aromatic carbocycles. The first-order chi connectivity index (χ1) is 9.46. The Kier molecular flexibility index (Phi) is 4.13. The first kappa shape index (κ1) is 14.6. The van der Waals surface area contributed by atoms with Crippen LogP contribution < -0.4 is 9.46 Å². The number of nitrogens with one attached hydrogen (secondary N) is 1. The van der Waals surface area contributed by atoms with E-state index in [0.717, 1.165) is 11.5 Å². The van der Waals surface area contributed by atoms with Crippen molar-refractivity contribution in [2.24, 2.45) is 0 Å². The lowest BCUT2D eigenvalue weighted by Gasteiger charge is -2.06. The van der Waals surface area contributed by atoms with Gasteiger partial charge in [0.2, 0.25) is 5.88 Å². The summed E-state index contributed by atoms with van der Waals surface area (Å²) in [6.07, 6.45) is 0. The average molecular weight is 330 g/mol. The van der Waals surface area contributed by atoms with Crippen molar-refractivity contribution in [3.8, 4) is 11.9 Å². The number of aromatic nitrogens is 1. The van der Waals surface area contributed by atoms with Gasteiger partial charge in [-0.05, 0) is 29.7 Å². The van der Waals surface area contributed by atoms with Gasteiger partial charge in [-0.1, -0.05) is 11.6 Å². The van der Waals surface area contributed by atoms with Crippen LogP contribution in [0.3, 0.4) is 0 Å². The van der Waals surface area contributed by atoms with Crippen molar-refractivity contribution >= 4 is 38.8 Å². The first-order valence-corrected chi connectivity index (χ1v) is 7.83. The van der Waals surface area contributed by atoms with Crippen LogP contribution in [0.15, 0.2) is 28.5 Å². The second kappa shape index (κ2) is 5.66. The van der Waals surface area contributed by atoms with Crippen molar-refractivity contribution in [2.45, 2.75) is 4.21 Å². The summed E-state index contributed by atoms with van der Waals surface area (Å²) in [6, 6.07) is 7.47. The molecule has 0 unspecified atom stereocenters. The lowest BCUT2D eigenvalue weighted by Crippen LogP contribution is -2.11. The zero-order chi connectivity index (χ0) is 14.8. The SMILES string of the molecule is COc1cc(S(=O)(=O)Nc2ccc(Cl)c(C#N)c2)sn1. The highest BCUT2D eigenvalue weighted by Crippen LogP contribution is 2.25. The maximum absolute atomic E-state index is 12.1. The number of rotatable bonds is 4. The molecule has 1 aromatic heterocycles. The molecule has 0 saturated carbocycles. The molecule has 2 rings (SSSR count). The molecule has 0 radical (unpaired) electrons. The minimum atomic E-state index is -3.77. The van der Waals surface area contributed by atoms with Crippen LogP contribution in [0.1, 0.15) is 5.56 Å². The summed E-state index contributed by atoms with van der Waals surface area (Å²) >= 11 is 6.58. The molecular weight excluding hydrogens is 322 g/mol. The third-order valence-electron chi connectivity index (χ3n) is 2.28.